The largest absolute Gasteiger partial charge is 0.360 e. The van der Waals surface area contributed by atoms with Crippen LogP contribution in [0.3, 0.4) is 0 Å². The molecule has 0 spiro atoms. The van der Waals surface area contributed by atoms with Gasteiger partial charge in [-0.1, -0.05) is 41.9 Å². The molecular formula is C23H21ClN4OS. The highest BCUT2D eigenvalue weighted by atomic mass is 35.5. The Morgan fingerprint density at radius 3 is 2.63 bits per heavy atom. The van der Waals surface area contributed by atoms with E-state index < -0.39 is 0 Å². The van der Waals surface area contributed by atoms with Crippen LogP contribution < -0.4 is 0 Å². The molecule has 7 heteroatoms. The molecule has 2 aromatic heterocycles. The molecule has 1 aliphatic heterocycles. The van der Waals surface area contributed by atoms with Crippen molar-refractivity contribution in [3.05, 3.63) is 75.7 Å². The van der Waals surface area contributed by atoms with Crippen molar-refractivity contribution in [1.82, 2.24) is 19.8 Å². The fraction of sp³-hybridized carbons (Fsp3) is 0.217. The van der Waals surface area contributed by atoms with E-state index in [-0.39, 0.29) is 5.91 Å². The van der Waals surface area contributed by atoms with Gasteiger partial charge in [0, 0.05) is 59.2 Å². The number of nitrogens with zero attached hydrogens (tertiary/aromatic N) is 3. The molecule has 152 valence electrons. The second-order valence-electron chi connectivity index (χ2n) is 7.45. The lowest BCUT2D eigenvalue weighted by atomic mass is 10.1. The number of amides is 1. The second kappa shape index (κ2) is 8.22. The maximum atomic E-state index is 13.0. The van der Waals surface area contributed by atoms with E-state index in [1.807, 2.05) is 59.6 Å². The summed E-state index contributed by atoms with van der Waals surface area (Å²) in [6.07, 6.45) is 1.83. The minimum Gasteiger partial charge on any atom is -0.360 e. The number of para-hydroxylation sites is 1. The topological polar surface area (TPSA) is 52.2 Å². The van der Waals surface area contributed by atoms with Crippen molar-refractivity contribution in [3.8, 4) is 11.3 Å². The van der Waals surface area contributed by atoms with Crippen molar-refractivity contribution >= 4 is 39.7 Å². The smallest absolute Gasteiger partial charge is 0.256 e. The van der Waals surface area contributed by atoms with Gasteiger partial charge in [-0.15, -0.1) is 11.3 Å². The molecule has 0 unspecified atom stereocenters. The van der Waals surface area contributed by atoms with E-state index in [1.165, 1.54) is 0 Å². The Balaban J connectivity index is 1.20. The number of benzene rings is 2. The molecule has 1 saturated heterocycles. The predicted octanol–water partition coefficient (Wildman–Crippen LogP) is 4.90. The first-order valence-electron chi connectivity index (χ1n) is 9.95. The number of nitrogens with one attached hydrogen (secondary N) is 1. The molecule has 1 amide bonds. The number of piperazine rings is 1. The summed E-state index contributed by atoms with van der Waals surface area (Å²) in [7, 11) is 0. The lowest BCUT2D eigenvalue weighted by Crippen LogP contribution is -2.48. The van der Waals surface area contributed by atoms with Gasteiger partial charge in [0.25, 0.3) is 5.91 Å². The van der Waals surface area contributed by atoms with Crippen LogP contribution in [0.2, 0.25) is 5.02 Å². The number of rotatable bonds is 4. The van der Waals surface area contributed by atoms with Crippen LogP contribution in [0, 0.1) is 0 Å². The quantitative estimate of drug-likeness (QED) is 0.495. The summed E-state index contributed by atoms with van der Waals surface area (Å²) in [6, 6.07) is 15.7. The molecule has 2 aromatic carbocycles. The molecule has 0 radical (unpaired) electrons. The first kappa shape index (κ1) is 19.3. The SMILES string of the molecule is O=C(c1c[nH]c2ccccc12)N1CCN(Cc2nc(-c3ccc(Cl)cc3)cs2)CC1. The molecule has 0 aliphatic carbocycles. The van der Waals surface area contributed by atoms with E-state index in [2.05, 4.69) is 15.3 Å². The highest BCUT2D eigenvalue weighted by molar-refractivity contribution is 7.09. The standard InChI is InChI=1S/C23H21ClN4OS/c24-17-7-5-16(6-8-17)21-15-30-22(26-21)14-27-9-11-28(12-10-27)23(29)19-13-25-20-4-2-1-3-18(19)20/h1-8,13,15,25H,9-12,14H2. The lowest BCUT2D eigenvalue weighted by molar-refractivity contribution is 0.0630. The number of fused-ring (bicyclic) bond motifs is 1. The van der Waals surface area contributed by atoms with Gasteiger partial charge in [0.1, 0.15) is 5.01 Å². The molecule has 5 rings (SSSR count). The fourth-order valence-corrected chi connectivity index (χ4v) is 4.83. The summed E-state index contributed by atoms with van der Waals surface area (Å²) in [4.78, 5) is 25.3. The van der Waals surface area contributed by atoms with Crippen LogP contribution in [-0.2, 0) is 6.54 Å². The molecule has 0 bridgehead atoms. The molecule has 5 nitrogen and oxygen atoms in total. The van der Waals surface area contributed by atoms with Crippen molar-refractivity contribution in [2.24, 2.45) is 0 Å². The zero-order chi connectivity index (χ0) is 20.5. The number of H-pyrrole nitrogens is 1. The number of hydrogen-bond donors (Lipinski definition) is 1. The Morgan fingerprint density at radius 1 is 1.07 bits per heavy atom. The van der Waals surface area contributed by atoms with Crippen molar-refractivity contribution in [2.45, 2.75) is 6.54 Å². The van der Waals surface area contributed by atoms with Crippen LogP contribution in [0.15, 0.2) is 60.1 Å². The molecule has 0 atom stereocenters. The van der Waals surface area contributed by atoms with E-state index in [0.29, 0.717) is 0 Å². The Morgan fingerprint density at radius 2 is 1.83 bits per heavy atom. The normalized spacial score (nSPS) is 15.0. The maximum absolute atomic E-state index is 13.0. The summed E-state index contributed by atoms with van der Waals surface area (Å²) in [5.41, 5.74) is 3.82. The first-order valence-corrected chi connectivity index (χ1v) is 11.2. The molecule has 0 saturated carbocycles. The van der Waals surface area contributed by atoms with Gasteiger partial charge in [0.2, 0.25) is 0 Å². The van der Waals surface area contributed by atoms with Gasteiger partial charge in [-0.3, -0.25) is 9.69 Å². The maximum Gasteiger partial charge on any atom is 0.256 e. The van der Waals surface area contributed by atoms with Crippen LogP contribution in [0.25, 0.3) is 22.2 Å². The molecule has 1 fully saturated rings. The number of carbonyl (C=O) groups is 1. The van der Waals surface area contributed by atoms with Crippen LogP contribution in [0.1, 0.15) is 15.4 Å². The number of thiazole rings is 1. The monoisotopic (exact) mass is 436 g/mol. The highest BCUT2D eigenvalue weighted by Gasteiger charge is 2.24. The van der Waals surface area contributed by atoms with E-state index in [9.17, 15) is 4.79 Å². The zero-order valence-corrected chi connectivity index (χ0v) is 17.9. The number of halogens is 1. The van der Waals surface area contributed by atoms with Gasteiger partial charge in [-0.2, -0.15) is 0 Å². The van der Waals surface area contributed by atoms with Gasteiger partial charge in [-0.05, 0) is 18.2 Å². The summed E-state index contributed by atoms with van der Waals surface area (Å²) in [5, 5.41) is 4.91. The Kier molecular flexibility index (Phi) is 5.29. The van der Waals surface area contributed by atoms with Gasteiger partial charge < -0.3 is 9.88 Å². The average Bonchev–Trinajstić information content (AvgIpc) is 3.42. The predicted molar refractivity (Wildman–Crippen MR) is 122 cm³/mol. The summed E-state index contributed by atoms with van der Waals surface area (Å²) < 4.78 is 0. The van der Waals surface area contributed by atoms with Crippen molar-refractivity contribution in [3.63, 3.8) is 0 Å². The van der Waals surface area contributed by atoms with E-state index >= 15 is 0 Å². The zero-order valence-electron chi connectivity index (χ0n) is 16.3. The number of aromatic nitrogens is 2. The number of hydrogen-bond acceptors (Lipinski definition) is 4. The highest BCUT2D eigenvalue weighted by Crippen LogP contribution is 2.25. The van der Waals surface area contributed by atoms with E-state index in [1.54, 1.807) is 11.3 Å². The summed E-state index contributed by atoms with van der Waals surface area (Å²) >= 11 is 7.65. The van der Waals surface area contributed by atoms with Crippen LogP contribution in [0.4, 0.5) is 0 Å². The van der Waals surface area contributed by atoms with Crippen molar-refractivity contribution < 1.29 is 4.79 Å². The number of carbonyl (C=O) groups excluding carboxylic acids is 1. The minimum absolute atomic E-state index is 0.103. The fourth-order valence-electron chi connectivity index (χ4n) is 3.86. The third kappa shape index (κ3) is 3.86. The number of aromatic amines is 1. The van der Waals surface area contributed by atoms with Crippen LogP contribution >= 0.6 is 22.9 Å². The molecular weight excluding hydrogens is 416 g/mol. The molecule has 1 N–H and O–H groups in total. The van der Waals surface area contributed by atoms with Gasteiger partial charge in [0.05, 0.1) is 17.8 Å². The van der Waals surface area contributed by atoms with Crippen LogP contribution in [-0.4, -0.2) is 51.9 Å². The van der Waals surface area contributed by atoms with Crippen molar-refractivity contribution in [1.29, 1.82) is 0 Å². The molecule has 3 heterocycles. The first-order chi connectivity index (χ1) is 14.7. The van der Waals surface area contributed by atoms with Crippen molar-refractivity contribution in [2.75, 3.05) is 26.2 Å². The Labute approximate surface area is 183 Å². The molecule has 4 aromatic rings. The Bertz CT molecular complexity index is 1180. The van der Waals surface area contributed by atoms with Gasteiger partial charge >= 0.3 is 0 Å². The average molecular weight is 437 g/mol. The third-order valence-electron chi connectivity index (χ3n) is 5.53. The Hall–Kier alpha value is -2.67. The minimum atomic E-state index is 0.103. The second-order valence-corrected chi connectivity index (χ2v) is 8.83. The molecule has 1 aliphatic rings. The lowest BCUT2D eigenvalue weighted by Gasteiger charge is -2.34. The van der Waals surface area contributed by atoms with E-state index in [4.69, 9.17) is 16.6 Å². The summed E-state index contributed by atoms with van der Waals surface area (Å²) in [5.74, 6) is 0.103. The summed E-state index contributed by atoms with van der Waals surface area (Å²) in [6.45, 7) is 3.97. The van der Waals surface area contributed by atoms with Crippen LogP contribution in [0.5, 0.6) is 0 Å². The van der Waals surface area contributed by atoms with Gasteiger partial charge in [0.15, 0.2) is 0 Å². The van der Waals surface area contributed by atoms with E-state index in [0.717, 1.165) is 70.5 Å². The third-order valence-corrected chi connectivity index (χ3v) is 6.62. The van der Waals surface area contributed by atoms with Gasteiger partial charge in [-0.25, -0.2) is 4.98 Å². The molecule has 30 heavy (non-hydrogen) atoms.